The van der Waals surface area contributed by atoms with E-state index in [4.69, 9.17) is 9.47 Å². The van der Waals surface area contributed by atoms with Gasteiger partial charge in [0, 0.05) is 5.92 Å². The number of ketones is 1. The molecule has 0 aliphatic heterocycles. The summed E-state index contributed by atoms with van der Waals surface area (Å²) in [6.07, 6.45) is 0. The number of aliphatic hydroxyl groups is 1. The van der Waals surface area contributed by atoms with Crippen molar-refractivity contribution in [2.45, 2.75) is 39.9 Å². The number of hydrogen-bond acceptors (Lipinski definition) is 5. The van der Waals surface area contributed by atoms with Gasteiger partial charge in [-0.05, 0) is 49.1 Å². The molecule has 5 heteroatoms. The van der Waals surface area contributed by atoms with Crippen molar-refractivity contribution in [1.29, 1.82) is 0 Å². The largest absolute Gasteiger partial charge is 0.461 e. The third-order valence-electron chi connectivity index (χ3n) is 5.25. The average Bonchev–Trinajstić information content (AvgIpc) is 3.22. The van der Waals surface area contributed by atoms with E-state index < -0.39 is 28.8 Å². The van der Waals surface area contributed by atoms with Gasteiger partial charge >= 0.3 is 5.97 Å². The van der Waals surface area contributed by atoms with Crippen LogP contribution in [0.1, 0.15) is 33.3 Å². The molecule has 2 atom stereocenters. The van der Waals surface area contributed by atoms with Gasteiger partial charge in [0.15, 0.2) is 5.78 Å². The maximum Gasteiger partial charge on any atom is 0.310 e. The van der Waals surface area contributed by atoms with Crippen molar-refractivity contribution in [3.05, 3.63) is 60.2 Å². The van der Waals surface area contributed by atoms with Crippen LogP contribution >= 0.6 is 0 Å². The van der Waals surface area contributed by atoms with E-state index in [1.165, 1.54) is 13.8 Å². The van der Waals surface area contributed by atoms with Gasteiger partial charge in [-0.15, -0.1) is 0 Å². The molecule has 0 spiro atoms. The molecule has 148 valence electrons. The number of esters is 1. The lowest BCUT2D eigenvalue weighted by Crippen LogP contribution is -2.34. The average molecular weight is 382 g/mol. The molecule has 1 saturated carbocycles. The number of carbonyl (C=O) groups is 2. The summed E-state index contributed by atoms with van der Waals surface area (Å²) < 4.78 is 11.2. The summed E-state index contributed by atoms with van der Waals surface area (Å²) in [5, 5.41) is 9.95. The van der Waals surface area contributed by atoms with E-state index in [9.17, 15) is 14.7 Å². The fraction of sp³-hybridized carbons (Fsp3) is 0.391. The molecule has 0 aromatic heterocycles. The van der Waals surface area contributed by atoms with Gasteiger partial charge in [0.2, 0.25) is 0 Å². The monoisotopic (exact) mass is 382 g/mol. The minimum atomic E-state index is -1.45. The van der Waals surface area contributed by atoms with Gasteiger partial charge in [0.05, 0.1) is 5.92 Å². The van der Waals surface area contributed by atoms with Crippen LogP contribution in [0.4, 0.5) is 0 Å². The standard InChI is InChI=1S/C23H26O5/c1-22(2)18(20(24)23(3,4)26)19(22)21(25)27-14-15-10-12-17(13-11-15)28-16-8-6-5-7-9-16/h5-13,18-19,26H,14H2,1-4H3. The predicted molar refractivity (Wildman–Crippen MR) is 105 cm³/mol. The first-order valence-corrected chi connectivity index (χ1v) is 9.36. The molecule has 1 fully saturated rings. The van der Waals surface area contributed by atoms with E-state index in [2.05, 4.69) is 0 Å². The second-order valence-corrected chi connectivity index (χ2v) is 8.37. The first-order valence-electron chi connectivity index (χ1n) is 9.36. The van der Waals surface area contributed by atoms with Crippen molar-refractivity contribution in [1.82, 2.24) is 0 Å². The van der Waals surface area contributed by atoms with Crippen LogP contribution in [0.15, 0.2) is 54.6 Å². The summed E-state index contributed by atoms with van der Waals surface area (Å²) in [6.45, 7) is 6.72. The smallest absolute Gasteiger partial charge is 0.310 e. The summed E-state index contributed by atoms with van der Waals surface area (Å²) in [5.41, 5.74) is -1.12. The van der Waals surface area contributed by atoms with E-state index in [0.29, 0.717) is 5.75 Å². The number of benzene rings is 2. The van der Waals surface area contributed by atoms with Gasteiger partial charge in [-0.2, -0.15) is 0 Å². The molecule has 0 radical (unpaired) electrons. The highest BCUT2D eigenvalue weighted by molar-refractivity contribution is 5.97. The Morgan fingerprint density at radius 1 is 0.964 bits per heavy atom. The summed E-state index contributed by atoms with van der Waals surface area (Å²) in [4.78, 5) is 24.8. The van der Waals surface area contributed by atoms with Gasteiger partial charge in [-0.1, -0.05) is 44.2 Å². The third kappa shape index (κ3) is 4.25. The van der Waals surface area contributed by atoms with E-state index in [1.54, 1.807) is 0 Å². The third-order valence-corrected chi connectivity index (χ3v) is 5.25. The second-order valence-electron chi connectivity index (χ2n) is 8.37. The van der Waals surface area contributed by atoms with E-state index >= 15 is 0 Å². The second kappa shape index (κ2) is 7.40. The molecule has 1 aliphatic rings. The highest BCUT2D eigenvalue weighted by atomic mass is 16.5. The molecule has 1 N–H and O–H groups in total. The number of para-hydroxylation sites is 1. The molecule has 3 rings (SSSR count). The zero-order valence-corrected chi connectivity index (χ0v) is 16.6. The minimum absolute atomic E-state index is 0.125. The maximum absolute atomic E-state index is 12.5. The Morgan fingerprint density at radius 2 is 1.54 bits per heavy atom. The summed E-state index contributed by atoms with van der Waals surface area (Å²) >= 11 is 0. The number of rotatable bonds is 7. The maximum atomic E-state index is 12.5. The van der Waals surface area contributed by atoms with Crippen LogP contribution in [0.3, 0.4) is 0 Å². The minimum Gasteiger partial charge on any atom is -0.461 e. The van der Waals surface area contributed by atoms with Gasteiger partial charge in [0.1, 0.15) is 23.7 Å². The van der Waals surface area contributed by atoms with E-state index in [1.807, 2.05) is 68.4 Å². The lowest BCUT2D eigenvalue weighted by molar-refractivity contribution is -0.149. The van der Waals surface area contributed by atoms with Crippen LogP contribution in [0.25, 0.3) is 0 Å². The number of ether oxygens (including phenoxy) is 2. The summed E-state index contributed by atoms with van der Waals surface area (Å²) in [6, 6.07) is 16.8. The first-order chi connectivity index (χ1) is 13.1. The summed E-state index contributed by atoms with van der Waals surface area (Å²) in [7, 11) is 0. The molecular weight excluding hydrogens is 356 g/mol. The highest BCUT2D eigenvalue weighted by Crippen LogP contribution is 2.60. The molecular formula is C23H26O5. The molecule has 1 aliphatic carbocycles. The molecule has 2 aromatic carbocycles. The molecule has 2 unspecified atom stereocenters. The van der Waals surface area contributed by atoms with Crippen molar-refractivity contribution in [2.24, 2.45) is 17.3 Å². The molecule has 2 aromatic rings. The lowest BCUT2D eigenvalue weighted by Gasteiger charge is -2.16. The van der Waals surface area contributed by atoms with Crippen LogP contribution in [0, 0.1) is 17.3 Å². The van der Waals surface area contributed by atoms with Crippen LogP contribution in [0.2, 0.25) is 0 Å². The zero-order chi connectivity index (χ0) is 20.5. The quantitative estimate of drug-likeness (QED) is 0.729. The van der Waals surface area contributed by atoms with Crippen molar-refractivity contribution < 1.29 is 24.2 Å². The van der Waals surface area contributed by atoms with Gasteiger partial charge in [0.25, 0.3) is 0 Å². The van der Waals surface area contributed by atoms with Crippen molar-refractivity contribution in [3.8, 4) is 11.5 Å². The molecule has 5 nitrogen and oxygen atoms in total. The number of hydrogen-bond donors (Lipinski definition) is 1. The molecule has 0 heterocycles. The van der Waals surface area contributed by atoms with E-state index in [0.717, 1.165) is 11.3 Å². The highest BCUT2D eigenvalue weighted by Gasteiger charge is 2.67. The molecule has 0 bridgehead atoms. The van der Waals surface area contributed by atoms with E-state index in [-0.39, 0.29) is 12.4 Å². The van der Waals surface area contributed by atoms with Crippen LogP contribution in [-0.2, 0) is 20.9 Å². The number of Topliss-reactive ketones (excluding diaryl/α,β-unsaturated/α-hetero) is 1. The van der Waals surface area contributed by atoms with Crippen molar-refractivity contribution in [2.75, 3.05) is 0 Å². The lowest BCUT2D eigenvalue weighted by atomic mass is 9.95. The summed E-state index contributed by atoms with van der Waals surface area (Å²) in [5.74, 6) is -0.312. The Hall–Kier alpha value is -2.66. The zero-order valence-electron chi connectivity index (χ0n) is 16.6. The Labute approximate surface area is 165 Å². The molecule has 28 heavy (non-hydrogen) atoms. The van der Waals surface area contributed by atoms with Crippen molar-refractivity contribution >= 4 is 11.8 Å². The Morgan fingerprint density at radius 3 is 2.11 bits per heavy atom. The van der Waals surface area contributed by atoms with Crippen LogP contribution in [0.5, 0.6) is 11.5 Å². The van der Waals surface area contributed by atoms with Crippen molar-refractivity contribution in [3.63, 3.8) is 0 Å². The topological polar surface area (TPSA) is 72.8 Å². The Balaban J connectivity index is 1.56. The normalized spacial score (nSPS) is 20.3. The fourth-order valence-electron chi connectivity index (χ4n) is 3.47. The first kappa shape index (κ1) is 20.1. The fourth-order valence-corrected chi connectivity index (χ4v) is 3.47. The Bertz CT molecular complexity index is 847. The van der Waals surface area contributed by atoms with Gasteiger partial charge < -0.3 is 14.6 Å². The van der Waals surface area contributed by atoms with Gasteiger partial charge in [-0.25, -0.2) is 0 Å². The van der Waals surface area contributed by atoms with Gasteiger partial charge in [-0.3, -0.25) is 9.59 Å². The van der Waals surface area contributed by atoms with Crippen LogP contribution < -0.4 is 4.74 Å². The number of carbonyl (C=O) groups excluding carboxylic acids is 2. The molecule has 0 amide bonds. The molecule has 0 saturated heterocycles. The Kier molecular flexibility index (Phi) is 5.31. The van der Waals surface area contributed by atoms with Crippen LogP contribution in [-0.4, -0.2) is 22.5 Å². The SMILES string of the molecule is CC(C)(O)C(=O)C1C(C(=O)OCc2ccc(Oc3ccccc3)cc2)C1(C)C. The predicted octanol–water partition coefficient (Wildman–Crippen LogP) is 4.13.